The summed E-state index contributed by atoms with van der Waals surface area (Å²) >= 11 is 1.26. The van der Waals surface area contributed by atoms with E-state index in [1.165, 1.54) is 22.9 Å². The van der Waals surface area contributed by atoms with Crippen LogP contribution in [0.15, 0.2) is 35.6 Å². The summed E-state index contributed by atoms with van der Waals surface area (Å²) in [6.45, 7) is 6.19. The molecule has 1 N–H and O–H groups in total. The van der Waals surface area contributed by atoms with Crippen molar-refractivity contribution in [1.82, 2.24) is 9.55 Å². The molecule has 1 atom stereocenters. The lowest BCUT2D eigenvalue weighted by atomic mass is 10.0. The van der Waals surface area contributed by atoms with Gasteiger partial charge in [-0.25, -0.2) is 4.98 Å². The summed E-state index contributed by atoms with van der Waals surface area (Å²) in [6.07, 6.45) is 1.79. The van der Waals surface area contributed by atoms with Gasteiger partial charge in [0, 0.05) is 11.9 Å². The molecule has 1 heterocycles. The van der Waals surface area contributed by atoms with Gasteiger partial charge in [-0.1, -0.05) is 36.0 Å². The lowest BCUT2D eigenvalue weighted by Crippen LogP contribution is -2.12. The highest BCUT2D eigenvalue weighted by molar-refractivity contribution is 7.99. The third-order valence-electron chi connectivity index (χ3n) is 3.30. The van der Waals surface area contributed by atoms with Gasteiger partial charge >= 0.3 is 5.97 Å². The van der Waals surface area contributed by atoms with Crippen LogP contribution in [0.2, 0.25) is 0 Å². The molecule has 0 aliphatic carbocycles. The van der Waals surface area contributed by atoms with Gasteiger partial charge in [0.2, 0.25) is 0 Å². The maximum atomic E-state index is 10.7. The Morgan fingerprint density at radius 1 is 1.40 bits per heavy atom. The summed E-state index contributed by atoms with van der Waals surface area (Å²) in [5.41, 5.74) is 3.49. The van der Waals surface area contributed by atoms with Crippen molar-refractivity contribution in [2.45, 2.75) is 32.0 Å². The molecule has 0 saturated carbocycles. The summed E-state index contributed by atoms with van der Waals surface area (Å²) < 4.78 is 2.09. The Balaban J connectivity index is 2.34. The second-order valence-corrected chi connectivity index (χ2v) is 5.71. The molecule has 0 radical (unpaired) electrons. The Hall–Kier alpha value is -1.75. The Kier molecular flexibility index (Phi) is 4.49. The zero-order valence-electron chi connectivity index (χ0n) is 11.8. The fourth-order valence-electron chi connectivity index (χ4n) is 2.32. The van der Waals surface area contributed by atoms with Crippen molar-refractivity contribution >= 4 is 17.7 Å². The number of benzene rings is 1. The largest absolute Gasteiger partial charge is 0.481 e. The van der Waals surface area contributed by atoms with Crippen molar-refractivity contribution in [2.75, 3.05) is 5.75 Å². The first-order valence-electron chi connectivity index (χ1n) is 6.44. The highest BCUT2D eigenvalue weighted by atomic mass is 32.2. The predicted molar refractivity (Wildman–Crippen MR) is 80.3 cm³/mol. The second kappa shape index (κ2) is 6.13. The Bertz CT molecular complexity index is 622. The standard InChI is InChI=1S/C15H18N2O2S/c1-10-6-4-5-7-13(10)12(3)17-11(2)8-16-15(17)20-9-14(18)19/h4-8,12H,9H2,1-3H3,(H,18,19). The minimum atomic E-state index is -0.828. The molecule has 5 heteroatoms. The van der Waals surface area contributed by atoms with Crippen molar-refractivity contribution < 1.29 is 9.90 Å². The summed E-state index contributed by atoms with van der Waals surface area (Å²) in [5, 5.41) is 9.56. The van der Waals surface area contributed by atoms with Crippen LogP contribution in [0, 0.1) is 13.8 Å². The highest BCUT2D eigenvalue weighted by Gasteiger charge is 2.17. The molecule has 106 valence electrons. The molecule has 0 aliphatic rings. The molecule has 0 fully saturated rings. The van der Waals surface area contributed by atoms with Crippen LogP contribution in [0.3, 0.4) is 0 Å². The first-order chi connectivity index (χ1) is 9.50. The van der Waals surface area contributed by atoms with Gasteiger partial charge in [0.1, 0.15) is 0 Å². The molecule has 0 amide bonds. The topological polar surface area (TPSA) is 55.1 Å². The first kappa shape index (κ1) is 14.7. The van der Waals surface area contributed by atoms with Gasteiger partial charge < -0.3 is 9.67 Å². The molecule has 2 rings (SSSR count). The number of hydrogen-bond acceptors (Lipinski definition) is 3. The maximum absolute atomic E-state index is 10.7. The molecule has 0 aliphatic heterocycles. The highest BCUT2D eigenvalue weighted by Crippen LogP contribution is 2.28. The van der Waals surface area contributed by atoms with E-state index in [2.05, 4.69) is 35.5 Å². The molecule has 0 bridgehead atoms. The number of carboxylic acid groups (broad SMARTS) is 1. The summed E-state index contributed by atoms with van der Waals surface area (Å²) in [4.78, 5) is 15.1. The molecule has 20 heavy (non-hydrogen) atoms. The van der Waals surface area contributed by atoms with Gasteiger partial charge in [-0.3, -0.25) is 4.79 Å². The SMILES string of the molecule is Cc1ccccc1C(C)n1c(C)cnc1SCC(=O)O. The molecule has 0 spiro atoms. The zero-order valence-corrected chi connectivity index (χ0v) is 12.6. The number of aromatic nitrogens is 2. The number of carbonyl (C=O) groups is 1. The minimum absolute atomic E-state index is 0.0247. The molecular formula is C15H18N2O2S. The number of aryl methyl sites for hydroxylation is 2. The van der Waals surface area contributed by atoms with Gasteiger partial charge in [0.05, 0.1) is 11.8 Å². The fraction of sp³-hybridized carbons (Fsp3) is 0.333. The van der Waals surface area contributed by atoms with Crippen molar-refractivity contribution in [2.24, 2.45) is 0 Å². The Labute approximate surface area is 122 Å². The summed E-state index contributed by atoms with van der Waals surface area (Å²) in [7, 11) is 0. The number of aliphatic carboxylic acids is 1. The van der Waals surface area contributed by atoms with E-state index in [0.29, 0.717) is 0 Å². The third kappa shape index (κ3) is 3.04. The maximum Gasteiger partial charge on any atom is 0.313 e. The second-order valence-electron chi connectivity index (χ2n) is 4.77. The van der Waals surface area contributed by atoms with E-state index in [1.54, 1.807) is 6.20 Å². The Morgan fingerprint density at radius 2 is 2.10 bits per heavy atom. The van der Waals surface area contributed by atoms with Crippen molar-refractivity contribution in [3.05, 3.63) is 47.3 Å². The molecule has 0 saturated heterocycles. The van der Waals surface area contributed by atoms with E-state index in [1.807, 2.05) is 19.1 Å². The van der Waals surface area contributed by atoms with Gasteiger partial charge in [-0.05, 0) is 31.9 Å². The van der Waals surface area contributed by atoms with Gasteiger partial charge in [-0.15, -0.1) is 0 Å². The minimum Gasteiger partial charge on any atom is -0.481 e. The normalized spacial score (nSPS) is 12.3. The smallest absolute Gasteiger partial charge is 0.313 e. The van der Waals surface area contributed by atoms with Crippen LogP contribution in [0.25, 0.3) is 0 Å². The first-order valence-corrected chi connectivity index (χ1v) is 7.43. The quantitative estimate of drug-likeness (QED) is 0.859. The fourth-order valence-corrected chi connectivity index (χ4v) is 3.14. The monoisotopic (exact) mass is 290 g/mol. The molecule has 1 aromatic heterocycles. The lowest BCUT2D eigenvalue weighted by Gasteiger charge is -2.20. The number of nitrogens with zero attached hydrogens (tertiary/aromatic N) is 2. The Morgan fingerprint density at radius 3 is 2.75 bits per heavy atom. The third-order valence-corrected chi connectivity index (χ3v) is 4.25. The average Bonchev–Trinajstić information content (AvgIpc) is 2.77. The van der Waals surface area contributed by atoms with Crippen LogP contribution in [0.1, 0.15) is 29.8 Å². The van der Waals surface area contributed by atoms with E-state index in [4.69, 9.17) is 5.11 Å². The van der Waals surface area contributed by atoms with Crippen LogP contribution in [-0.2, 0) is 4.79 Å². The van der Waals surface area contributed by atoms with Gasteiger partial charge in [0.15, 0.2) is 5.16 Å². The van der Waals surface area contributed by atoms with Crippen molar-refractivity contribution in [3.8, 4) is 0 Å². The van der Waals surface area contributed by atoms with E-state index < -0.39 is 5.97 Å². The lowest BCUT2D eigenvalue weighted by molar-refractivity contribution is -0.133. The van der Waals surface area contributed by atoms with Crippen LogP contribution in [0.4, 0.5) is 0 Å². The molecule has 1 unspecified atom stereocenters. The number of hydrogen-bond donors (Lipinski definition) is 1. The summed E-state index contributed by atoms with van der Waals surface area (Å²) in [5.74, 6) is -0.803. The van der Waals surface area contributed by atoms with Gasteiger partial charge in [-0.2, -0.15) is 0 Å². The van der Waals surface area contributed by atoms with Gasteiger partial charge in [0.25, 0.3) is 0 Å². The van der Waals surface area contributed by atoms with Crippen molar-refractivity contribution in [3.63, 3.8) is 0 Å². The molecule has 2 aromatic rings. The number of imidazole rings is 1. The van der Waals surface area contributed by atoms with E-state index in [9.17, 15) is 4.79 Å². The number of thioether (sulfide) groups is 1. The van der Waals surface area contributed by atoms with E-state index >= 15 is 0 Å². The van der Waals surface area contributed by atoms with Crippen molar-refractivity contribution in [1.29, 1.82) is 0 Å². The summed E-state index contributed by atoms with van der Waals surface area (Å²) in [6, 6.07) is 8.37. The number of carboxylic acids is 1. The average molecular weight is 290 g/mol. The van der Waals surface area contributed by atoms with Crippen LogP contribution in [-0.4, -0.2) is 26.4 Å². The zero-order chi connectivity index (χ0) is 14.7. The van der Waals surface area contributed by atoms with Crippen LogP contribution < -0.4 is 0 Å². The molecular weight excluding hydrogens is 272 g/mol. The van der Waals surface area contributed by atoms with E-state index in [-0.39, 0.29) is 11.8 Å². The molecule has 4 nitrogen and oxygen atoms in total. The molecule has 1 aromatic carbocycles. The van der Waals surface area contributed by atoms with Crippen LogP contribution >= 0.6 is 11.8 Å². The number of rotatable bonds is 5. The predicted octanol–water partition coefficient (Wildman–Crippen LogP) is 3.29. The van der Waals surface area contributed by atoms with E-state index in [0.717, 1.165) is 10.9 Å². The van der Waals surface area contributed by atoms with Crippen LogP contribution in [0.5, 0.6) is 0 Å².